The molecule has 1 aromatic carbocycles. The second-order valence-electron chi connectivity index (χ2n) is 4.71. The fourth-order valence-electron chi connectivity index (χ4n) is 2.08. The molecule has 1 aliphatic heterocycles. The molecule has 19 heavy (non-hydrogen) atoms. The third-order valence-corrected chi connectivity index (χ3v) is 3.24. The number of carbonyl (C=O) groups is 1. The predicted octanol–water partition coefficient (Wildman–Crippen LogP) is 1.45. The average molecular weight is 265 g/mol. The van der Waals surface area contributed by atoms with Gasteiger partial charge in [-0.25, -0.2) is 4.79 Å². The highest BCUT2D eigenvalue weighted by molar-refractivity contribution is 5.67. The van der Waals surface area contributed by atoms with Gasteiger partial charge in [-0.2, -0.15) is 0 Å². The lowest BCUT2D eigenvalue weighted by atomic mass is 10.0. The molecule has 1 fully saturated rings. The van der Waals surface area contributed by atoms with Crippen LogP contribution in [-0.4, -0.2) is 36.6 Å². The summed E-state index contributed by atoms with van der Waals surface area (Å²) in [6.45, 7) is 1.05. The van der Waals surface area contributed by atoms with Crippen LogP contribution in [0.3, 0.4) is 0 Å². The monoisotopic (exact) mass is 265 g/mol. The summed E-state index contributed by atoms with van der Waals surface area (Å²) in [6, 6.07) is 9.48. The Morgan fingerprint density at radius 1 is 1.42 bits per heavy atom. The van der Waals surface area contributed by atoms with E-state index in [2.05, 4.69) is 5.32 Å². The fraction of sp³-hybridized carbons (Fsp3) is 0.500. The van der Waals surface area contributed by atoms with Gasteiger partial charge < -0.3 is 19.9 Å². The maximum absolute atomic E-state index is 11.6. The number of ether oxygens (including phenoxy) is 2. The van der Waals surface area contributed by atoms with Crippen molar-refractivity contribution in [1.29, 1.82) is 0 Å². The fourth-order valence-corrected chi connectivity index (χ4v) is 2.08. The Morgan fingerprint density at radius 2 is 2.21 bits per heavy atom. The van der Waals surface area contributed by atoms with Crippen molar-refractivity contribution >= 4 is 6.09 Å². The third-order valence-electron chi connectivity index (χ3n) is 3.24. The van der Waals surface area contributed by atoms with Crippen LogP contribution in [0.5, 0.6) is 0 Å². The second-order valence-corrected chi connectivity index (χ2v) is 4.71. The second kappa shape index (κ2) is 6.54. The summed E-state index contributed by atoms with van der Waals surface area (Å²) in [5, 5.41) is 12.0. The van der Waals surface area contributed by atoms with Gasteiger partial charge in [-0.05, 0) is 18.4 Å². The van der Waals surface area contributed by atoms with Crippen LogP contribution in [0, 0.1) is 0 Å². The standard InChI is InChI=1S/C14H19NO4/c16-11-14(7-4-8-19-14)10-15-13(17)18-9-12-5-2-1-3-6-12/h1-3,5-6,16H,4,7-11H2,(H,15,17). The van der Waals surface area contributed by atoms with Gasteiger partial charge in [0.1, 0.15) is 12.2 Å². The zero-order valence-corrected chi connectivity index (χ0v) is 10.8. The highest BCUT2D eigenvalue weighted by atomic mass is 16.6. The average Bonchev–Trinajstić information content (AvgIpc) is 2.93. The van der Waals surface area contributed by atoms with Crippen LogP contribution in [0.15, 0.2) is 30.3 Å². The summed E-state index contributed by atoms with van der Waals surface area (Å²) in [4.78, 5) is 11.6. The molecule has 0 spiro atoms. The number of aliphatic hydroxyl groups is 1. The van der Waals surface area contributed by atoms with E-state index in [-0.39, 0.29) is 19.8 Å². The molecule has 1 atom stereocenters. The minimum Gasteiger partial charge on any atom is -0.445 e. The van der Waals surface area contributed by atoms with E-state index in [0.29, 0.717) is 6.61 Å². The number of aliphatic hydroxyl groups excluding tert-OH is 1. The van der Waals surface area contributed by atoms with Crippen LogP contribution in [0.25, 0.3) is 0 Å². The van der Waals surface area contributed by atoms with Gasteiger partial charge in [-0.3, -0.25) is 0 Å². The molecule has 1 heterocycles. The smallest absolute Gasteiger partial charge is 0.407 e. The number of alkyl carbamates (subject to hydrolysis) is 1. The molecular weight excluding hydrogens is 246 g/mol. The Labute approximate surface area is 112 Å². The van der Waals surface area contributed by atoms with E-state index in [1.54, 1.807) is 0 Å². The van der Waals surface area contributed by atoms with Crippen LogP contribution >= 0.6 is 0 Å². The zero-order valence-electron chi connectivity index (χ0n) is 10.8. The van der Waals surface area contributed by atoms with E-state index in [0.717, 1.165) is 18.4 Å². The number of nitrogens with one attached hydrogen (secondary N) is 1. The predicted molar refractivity (Wildman–Crippen MR) is 69.6 cm³/mol. The molecule has 0 aliphatic carbocycles. The van der Waals surface area contributed by atoms with Gasteiger partial charge >= 0.3 is 6.09 Å². The lowest BCUT2D eigenvalue weighted by Gasteiger charge is -2.25. The normalized spacial score (nSPS) is 22.2. The Kier molecular flexibility index (Phi) is 4.76. The molecule has 0 radical (unpaired) electrons. The number of hydrogen-bond acceptors (Lipinski definition) is 4. The molecule has 1 saturated heterocycles. The van der Waals surface area contributed by atoms with Gasteiger partial charge in [-0.15, -0.1) is 0 Å². The van der Waals surface area contributed by atoms with E-state index < -0.39 is 11.7 Å². The van der Waals surface area contributed by atoms with E-state index in [1.807, 2.05) is 30.3 Å². The summed E-state index contributed by atoms with van der Waals surface area (Å²) < 4.78 is 10.6. The molecule has 1 amide bonds. The number of carbonyl (C=O) groups excluding carboxylic acids is 1. The van der Waals surface area contributed by atoms with Gasteiger partial charge in [0.05, 0.1) is 13.2 Å². The first-order chi connectivity index (χ1) is 9.24. The Bertz CT molecular complexity index is 401. The van der Waals surface area contributed by atoms with E-state index >= 15 is 0 Å². The molecular formula is C14H19NO4. The number of hydrogen-bond donors (Lipinski definition) is 2. The van der Waals surface area contributed by atoms with Crippen LogP contribution in [0.2, 0.25) is 0 Å². The van der Waals surface area contributed by atoms with Gasteiger partial charge in [0.2, 0.25) is 0 Å². The van der Waals surface area contributed by atoms with Crippen LogP contribution in [0.4, 0.5) is 4.79 Å². The summed E-state index contributed by atoms with van der Waals surface area (Å²) in [5.74, 6) is 0. The molecule has 1 aliphatic rings. The first-order valence-electron chi connectivity index (χ1n) is 6.43. The third kappa shape index (κ3) is 3.94. The molecule has 2 rings (SSSR count). The van der Waals surface area contributed by atoms with Gasteiger partial charge in [-0.1, -0.05) is 30.3 Å². The van der Waals surface area contributed by atoms with Crippen molar-refractivity contribution in [3.05, 3.63) is 35.9 Å². The molecule has 0 saturated carbocycles. The van der Waals surface area contributed by atoms with Crippen molar-refractivity contribution in [2.75, 3.05) is 19.8 Å². The summed E-state index contributed by atoms with van der Waals surface area (Å²) in [6.07, 6.45) is 1.16. The molecule has 2 N–H and O–H groups in total. The summed E-state index contributed by atoms with van der Waals surface area (Å²) >= 11 is 0. The SMILES string of the molecule is O=C(NCC1(CO)CCCO1)OCc1ccccc1. The Morgan fingerprint density at radius 3 is 2.84 bits per heavy atom. The van der Waals surface area contributed by atoms with Crippen molar-refractivity contribution in [3.63, 3.8) is 0 Å². The number of benzene rings is 1. The lowest BCUT2D eigenvalue weighted by molar-refractivity contribution is -0.0364. The van der Waals surface area contributed by atoms with E-state index in [9.17, 15) is 9.90 Å². The largest absolute Gasteiger partial charge is 0.445 e. The maximum atomic E-state index is 11.6. The van der Waals surface area contributed by atoms with Crippen molar-refractivity contribution in [3.8, 4) is 0 Å². The van der Waals surface area contributed by atoms with Crippen LogP contribution in [0.1, 0.15) is 18.4 Å². The first kappa shape index (κ1) is 13.8. The van der Waals surface area contributed by atoms with Crippen molar-refractivity contribution in [1.82, 2.24) is 5.32 Å². The maximum Gasteiger partial charge on any atom is 0.407 e. The highest BCUT2D eigenvalue weighted by Crippen LogP contribution is 2.24. The van der Waals surface area contributed by atoms with Gasteiger partial charge in [0.15, 0.2) is 0 Å². The molecule has 5 nitrogen and oxygen atoms in total. The number of amides is 1. The van der Waals surface area contributed by atoms with E-state index in [1.165, 1.54) is 0 Å². The minimum atomic E-state index is -0.633. The molecule has 0 bridgehead atoms. The van der Waals surface area contributed by atoms with Crippen LogP contribution in [-0.2, 0) is 16.1 Å². The number of rotatable bonds is 5. The lowest BCUT2D eigenvalue weighted by Crippen LogP contribution is -2.45. The quantitative estimate of drug-likeness (QED) is 0.845. The summed E-state index contributed by atoms with van der Waals surface area (Å²) in [7, 11) is 0. The Hall–Kier alpha value is -1.59. The molecule has 1 aromatic rings. The minimum absolute atomic E-state index is 0.0913. The molecule has 0 aromatic heterocycles. The van der Waals surface area contributed by atoms with Gasteiger partial charge in [0, 0.05) is 6.61 Å². The molecule has 104 valence electrons. The molecule has 5 heteroatoms. The van der Waals surface area contributed by atoms with Crippen molar-refractivity contribution in [2.24, 2.45) is 0 Å². The van der Waals surface area contributed by atoms with Crippen LogP contribution < -0.4 is 5.32 Å². The Balaban J connectivity index is 1.72. The highest BCUT2D eigenvalue weighted by Gasteiger charge is 2.34. The van der Waals surface area contributed by atoms with Gasteiger partial charge in [0.25, 0.3) is 0 Å². The van der Waals surface area contributed by atoms with E-state index in [4.69, 9.17) is 9.47 Å². The topological polar surface area (TPSA) is 67.8 Å². The van der Waals surface area contributed by atoms with Crippen molar-refractivity contribution in [2.45, 2.75) is 25.0 Å². The first-order valence-corrected chi connectivity index (χ1v) is 6.43. The zero-order chi connectivity index (χ0) is 13.6. The molecule has 1 unspecified atom stereocenters. The summed E-state index contributed by atoms with van der Waals surface area (Å²) in [5.41, 5.74) is 0.304. The van der Waals surface area contributed by atoms with Crippen molar-refractivity contribution < 1.29 is 19.4 Å².